The molecule has 56 heavy (non-hydrogen) atoms. The summed E-state index contributed by atoms with van der Waals surface area (Å²) in [6, 6.07) is 50.9. The molecule has 1 heteroatoms. The maximum atomic E-state index is 6.26. The van der Waals surface area contributed by atoms with E-state index < -0.39 is 0 Å². The molecule has 1 aromatic heterocycles. The van der Waals surface area contributed by atoms with Gasteiger partial charge in [-0.25, -0.2) is 0 Å². The summed E-state index contributed by atoms with van der Waals surface area (Å²) in [4.78, 5) is 0. The second-order valence-electron chi connectivity index (χ2n) is 16.2. The van der Waals surface area contributed by atoms with Gasteiger partial charge in [0.1, 0.15) is 11.2 Å². The van der Waals surface area contributed by atoms with Crippen molar-refractivity contribution in [3.05, 3.63) is 203 Å². The topological polar surface area (TPSA) is 13.1 Å². The molecule has 9 aromatic rings. The molecular weight excluding hydrogens is 677 g/mol. The van der Waals surface area contributed by atoms with E-state index in [2.05, 4.69) is 192 Å². The molecular formula is C55H44O. The molecule has 0 fully saturated rings. The molecule has 270 valence electrons. The zero-order valence-corrected chi connectivity index (χ0v) is 32.5. The first-order valence-corrected chi connectivity index (χ1v) is 19.9. The van der Waals surface area contributed by atoms with Crippen LogP contribution in [-0.4, -0.2) is 0 Å². The molecule has 0 unspecified atom stereocenters. The van der Waals surface area contributed by atoms with Crippen LogP contribution in [0.2, 0.25) is 0 Å². The molecule has 0 bridgehead atoms. The average Bonchev–Trinajstić information content (AvgIpc) is 3.70. The Hall–Kier alpha value is -6.44. The monoisotopic (exact) mass is 720 g/mol. The van der Waals surface area contributed by atoms with Gasteiger partial charge in [-0.2, -0.15) is 0 Å². The number of allylic oxidation sites excluding steroid dienone is 8. The van der Waals surface area contributed by atoms with Crippen molar-refractivity contribution < 1.29 is 4.42 Å². The molecule has 1 aliphatic carbocycles. The second kappa shape index (κ2) is 13.4. The maximum Gasteiger partial charge on any atom is 0.136 e. The van der Waals surface area contributed by atoms with Crippen LogP contribution in [0.4, 0.5) is 0 Å². The van der Waals surface area contributed by atoms with E-state index in [0.717, 1.165) is 24.0 Å². The van der Waals surface area contributed by atoms with E-state index in [-0.39, 0.29) is 5.41 Å². The van der Waals surface area contributed by atoms with Crippen LogP contribution in [0.25, 0.3) is 76.2 Å². The highest BCUT2D eigenvalue weighted by atomic mass is 16.3. The van der Waals surface area contributed by atoms with Gasteiger partial charge in [0, 0.05) is 16.2 Å². The van der Waals surface area contributed by atoms with Crippen molar-refractivity contribution in [2.24, 2.45) is 0 Å². The molecule has 1 nitrogen and oxygen atoms in total. The first-order valence-electron chi connectivity index (χ1n) is 19.9. The Morgan fingerprint density at radius 1 is 0.554 bits per heavy atom. The summed E-state index contributed by atoms with van der Waals surface area (Å²) in [5.74, 6) is 0. The third kappa shape index (κ3) is 5.69. The lowest BCUT2D eigenvalue weighted by molar-refractivity contribution is 0.645. The summed E-state index contributed by atoms with van der Waals surface area (Å²) in [6.07, 6.45) is 13.4. The van der Waals surface area contributed by atoms with Gasteiger partial charge in [-0.1, -0.05) is 165 Å². The van der Waals surface area contributed by atoms with Gasteiger partial charge in [-0.05, 0) is 133 Å². The average molecular weight is 721 g/mol. The lowest BCUT2D eigenvalue weighted by atomic mass is 9.81. The summed E-state index contributed by atoms with van der Waals surface area (Å²) in [6.45, 7) is 9.30. The lowest BCUT2D eigenvalue weighted by Gasteiger charge is -2.22. The van der Waals surface area contributed by atoms with Crippen LogP contribution in [0, 0.1) is 0 Å². The van der Waals surface area contributed by atoms with Gasteiger partial charge in [0.05, 0.1) is 0 Å². The van der Waals surface area contributed by atoms with Crippen molar-refractivity contribution >= 4 is 76.2 Å². The zero-order chi connectivity index (χ0) is 38.0. The van der Waals surface area contributed by atoms with Crippen molar-refractivity contribution in [1.82, 2.24) is 0 Å². The predicted molar refractivity (Wildman–Crippen MR) is 242 cm³/mol. The van der Waals surface area contributed by atoms with E-state index in [9.17, 15) is 0 Å². The number of hydrogen-bond donors (Lipinski definition) is 0. The molecule has 0 radical (unpaired) electrons. The number of benzene rings is 8. The molecule has 10 rings (SSSR count). The van der Waals surface area contributed by atoms with Crippen LogP contribution in [-0.2, 0) is 18.3 Å². The Balaban J connectivity index is 0.997. The highest BCUT2D eigenvalue weighted by Gasteiger charge is 2.34. The van der Waals surface area contributed by atoms with Crippen LogP contribution < -0.4 is 0 Å². The summed E-state index contributed by atoms with van der Waals surface area (Å²) in [5.41, 5.74) is 12.6. The van der Waals surface area contributed by atoms with Gasteiger partial charge in [-0.3, -0.25) is 0 Å². The summed E-state index contributed by atoms with van der Waals surface area (Å²) < 4.78 is 6.26. The SMILES string of the molecule is C/C(=C\C=C/Cc1ccc2ccccc2c1)c1c2ccccc2c(/C(C)=C/C=C2\Cc3cc4cc5c(cc4cc3C2(C)C)oc2ccccc25)c2ccccc12. The van der Waals surface area contributed by atoms with Crippen LogP contribution >= 0.6 is 0 Å². The standard InChI is InChI=1S/C55H44O/c1-35(15-5-6-16-37-26-27-38-17-7-8-18-39(38)29-37)53-45-20-9-11-22-47(45)54(48-23-12-10-21-46(48)53)36(2)25-28-43-31-42-30-40-32-49-44-19-13-14-24-51(44)56-52(49)34-41(40)33-50(42)55(43,3)4/h5-15,17-30,32-34H,16,31H2,1-4H3/b6-5-,35-15+,36-25+,43-28+. The van der Waals surface area contributed by atoms with Crippen molar-refractivity contribution in [2.75, 3.05) is 0 Å². The molecule has 8 aromatic carbocycles. The van der Waals surface area contributed by atoms with Gasteiger partial charge in [-0.15, -0.1) is 0 Å². The van der Waals surface area contributed by atoms with Crippen molar-refractivity contribution in [3.63, 3.8) is 0 Å². The molecule has 0 amide bonds. The summed E-state index contributed by atoms with van der Waals surface area (Å²) in [5, 5.41) is 12.6. The van der Waals surface area contributed by atoms with E-state index in [0.29, 0.717) is 0 Å². The quantitative estimate of drug-likeness (QED) is 0.123. The Kier molecular flexibility index (Phi) is 8.15. The zero-order valence-electron chi connectivity index (χ0n) is 32.5. The smallest absolute Gasteiger partial charge is 0.136 e. The molecule has 0 atom stereocenters. The molecule has 0 spiro atoms. The first kappa shape index (κ1) is 34.1. The predicted octanol–water partition coefficient (Wildman–Crippen LogP) is 15.3. The van der Waals surface area contributed by atoms with Crippen LogP contribution in [0.15, 0.2) is 180 Å². The van der Waals surface area contributed by atoms with E-state index in [1.54, 1.807) is 0 Å². The van der Waals surface area contributed by atoms with Gasteiger partial charge in [0.25, 0.3) is 0 Å². The second-order valence-corrected chi connectivity index (χ2v) is 16.2. The van der Waals surface area contributed by atoms with Gasteiger partial charge >= 0.3 is 0 Å². The highest BCUT2D eigenvalue weighted by Crippen LogP contribution is 2.46. The Morgan fingerprint density at radius 2 is 1.16 bits per heavy atom. The van der Waals surface area contributed by atoms with E-state index in [1.807, 2.05) is 6.07 Å². The maximum absolute atomic E-state index is 6.26. The van der Waals surface area contributed by atoms with E-state index >= 15 is 0 Å². The largest absolute Gasteiger partial charge is 0.456 e. The Labute approximate surface area is 328 Å². The van der Waals surface area contributed by atoms with Crippen LogP contribution in [0.1, 0.15) is 55.5 Å². The van der Waals surface area contributed by atoms with Gasteiger partial charge in [0.15, 0.2) is 0 Å². The molecule has 0 N–H and O–H groups in total. The van der Waals surface area contributed by atoms with Gasteiger partial charge in [0.2, 0.25) is 0 Å². The third-order valence-corrected chi connectivity index (χ3v) is 12.3. The van der Waals surface area contributed by atoms with Crippen LogP contribution in [0.5, 0.6) is 0 Å². The Bertz CT molecular complexity index is 3120. The first-order chi connectivity index (χ1) is 27.3. The fourth-order valence-electron chi connectivity index (χ4n) is 9.31. The minimum Gasteiger partial charge on any atom is -0.456 e. The van der Waals surface area contributed by atoms with Crippen molar-refractivity contribution in [3.8, 4) is 0 Å². The minimum atomic E-state index is -0.0825. The van der Waals surface area contributed by atoms with E-state index in [4.69, 9.17) is 4.42 Å². The normalized spacial score (nSPS) is 15.5. The number of para-hydroxylation sites is 1. The molecule has 1 heterocycles. The lowest BCUT2D eigenvalue weighted by Crippen LogP contribution is -2.15. The van der Waals surface area contributed by atoms with Crippen molar-refractivity contribution in [2.45, 2.75) is 46.0 Å². The third-order valence-electron chi connectivity index (χ3n) is 12.3. The minimum absolute atomic E-state index is 0.0825. The van der Waals surface area contributed by atoms with Crippen molar-refractivity contribution in [1.29, 1.82) is 0 Å². The summed E-state index contributed by atoms with van der Waals surface area (Å²) >= 11 is 0. The fourth-order valence-corrected chi connectivity index (χ4v) is 9.31. The highest BCUT2D eigenvalue weighted by molar-refractivity contribution is 6.16. The molecule has 0 aliphatic heterocycles. The molecule has 1 aliphatic rings. The fraction of sp³-hybridized carbons (Fsp3) is 0.127. The number of hydrogen-bond acceptors (Lipinski definition) is 1. The number of fused-ring (bicyclic) bond motifs is 8. The van der Waals surface area contributed by atoms with Gasteiger partial charge < -0.3 is 4.42 Å². The Morgan fingerprint density at radius 3 is 1.88 bits per heavy atom. The molecule has 0 saturated carbocycles. The van der Waals surface area contributed by atoms with E-state index in [1.165, 1.54) is 98.4 Å². The number of furan rings is 1. The number of rotatable bonds is 6. The molecule has 0 saturated heterocycles. The summed E-state index contributed by atoms with van der Waals surface area (Å²) in [7, 11) is 0. The van der Waals surface area contributed by atoms with Crippen LogP contribution in [0.3, 0.4) is 0 Å².